The number of carbonyl (C=O) groups excluding carboxylic acids is 1. The molecule has 0 aliphatic carbocycles. The normalized spacial score (nSPS) is 17.9. The Morgan fingerprint density at radius 2 is 2.22 bits per heavy atom. The van der Waals surface area contributed by atoms with Crippen LogP contribution >= 0.6 is 0 Å². The molecule has 1 amide bonds. The van der Waals surface area contributed by atoms with Crippen molar-refractivity contribution in [2.24, 2.45) is 0 Å². The zero-order chi connectivity index (χ0) is 16.2. The first kappa shape index (κ1) is 15.3. The van der Waals surface area contributed by atoms with Crippen LogP contribution in [0.25, 0.3) is 11.3 Å². The second-order valence-electron chi connectivity index (χ2n) is 5.69. The number of likely N-dealkylation sites (tertiary alicyclic amines) is 1. The molecule has 1 aliphatic rings. The summed E-state index contributed by atoms with van der Waals surface area (Å²) in [7, 11) is 0. The summed E-state index contributed by atoms with van der Waals surface area (Å²) in [6, 6.07) is 6.91. The molecule has 1 saturated heterocycles. The van der Waals surface area contributed by atoms with E-state index >= 15 is 0 Å². The molecule has 1 atom stereocenters. The number of oxazole rings is 1. The number of rotatable bonds is 4. The quantitative estimate of drug-likeness (QED) is 0.938. The fourth-order valence-electron chi connectivity index (χ4n) is 3.01. The Hall–Kier alpha value is -2.63. The maximum atomic E-state index is 12.8. The zero-order valence-electron chi connectivity index (χ0n) is 12.6. The fraction of sp³-hybridized carbons (Fsp3) is 0.353. The highest BCUT2D eigenvalue weighted by molar-refractivity contribution is 5.95. The minimum atomic E-state index is -0.870. The SMILES string of the molecule is O=C(O)CC1CCCCN1C(=O)c1cccc(-c2cnco2)c1. The van der Waals surface area contributed by atoms with Gasteiger partial charge < -0.3 is 14.4 Å². The van der Waals surface area contributed by atoms with Crippen LogP contribution in [0.4, 0.5) is 0 Å². The molecule has 0 saturated carbocycles. The molecule has 3 rings (SSSR count). The lowest BCUT2D eigenvalue weighted by Gasteiger charge is -2.35. The molecule has 1 aromatic carbocycles. The topological polar surface area (TPSA) is 83.6 Å². The lowest BCUT2D eigenvalue weighted by molar-refractivity contribution is -0.138. The standard InChI is InChI=1S/C17H18N2O4/c20-16(21)9-14-6-1-2-7-19(14)17(22)13-5-3-4-12(8-13)15-10-18-11-23-15/h3-5,8,10-11,14H,1-2,6-7,9H2,(H,20,21). The Morgan fingerprint density at radius 3 is 2.96 bits per heavy atom. The van der Waals surface area contributed by atoms with Crippen LogP contribution in [0, 0.1) is 0 Å². The van der Waals surface area contributed by atoms with E-state index < -0.39 is 5.97 Å². The molecule has 1 unspecified atom stereocenters. The number of nitrogens with zero attached hydrogens (tertiary/aromatic N) is 2. The fourth-order valence-corrected chi connectivity index (χ4v) is 3.01. The zero-order valence-corrected chi connectivity index (χ0v) is 12.6. The highest BCUT2D eigenvalue weighted by Crippen LogP contribution is 2.24. The summed E-state index contributed by atoms with van der Waals surface area (Å²) in [6.07, 6.45) is 5.53. The number of carbonyl (C=O) groups is 2. The summed E-state index contributed by atoms with van der Waals surface area (Å²) in [6.45, 7) is 0.601. The van der Waals surface area contributed by atoms with Crippen molar-refractivity contribution in [1.29, 1.82) is 0 Å². The molecule has 6 heteroatoms. The van der Waals surface area contributed by atoms with Crippen molar-refractivity contribution in [3.63, 3.8) is 0 Å². The van der Waals surface area contributed by atoms with Crippen molar-refractivity contribution in [2.75, 3.05) is 6.54 Å². The van der Waals surface area contributed by atoms with E-state index in [4.69, 9.17) is 9.52 Å². The van der Waals surface area contributed by atoms with E-state index in [1.165, 1.54) is 6.39 Å². The van der Waals surface area contributed by atoms with Gasteiger partial charge in [-0.15, -0.1) is 0 Å². The van der Waals surface area contributed by atoms with Gasteiger partial charge in [0, 0.05) is 23.7 Å². The van der Waals surface area contributed by atoms with Gasteiger partial charge in [0.15, 0.2) is 12.2 Å². The van der Waals surface area contributed by atoms with Crippen molar-refractivity contribution in [2.45, 2.75) is 31.7 Å². The lowest BCUT2D eigenvalue weighted by Crippen LogP contribution is -2.44. The summed E-state index contributed by atoms with van der Waals surface area (Å²) in [5.74, 6) is -0.400. The third-order valence-corrected chi connectivity index (χ3v) is 4.12. The van der Waals surface area contributed by atoms with Gasteiger partial charge in [-0.25, -0.2) is 4.98 Å². The van der Waals surface area contributed by atoms with Crippen LogP contribution in [-0.2, 0) is 4.79 Å². The number of hydrogen-bond donors (Lipinski definition) is 1. The van der Waals surface area contributed by atoms with Crippen LogP contribution in [0.2, 0.25) is 0 Å². The van der Waals surface area contributed by atoms with Crippen LogP contribution in [-0.4, -0.2) is 39.5 Å². The smallest absolute Gasteiger partial charge is 0.305 e. The second-order valence-corrected chi connectivity index (χ2v) is 5.69. The summed E-state index contributed by atoms with van der Waals surface area (Å²) in [5, 5.41) is 9.05. The Bertz CT molecular complexity index is 696. The Morgan fingerprint density at radius 1 is 1.35 bits per heavy atom. The highest BCUT2D eigenvalue weighted by Gasteiger charge is 2.29. The molecule has 2 aromatic rings. The van der Waals surface area contributed by atoms with Gasteiger partial charge in [-0.05, 0) is 31.4 Å². The number of aromatic nitrogens is 1. The number of piperidine rings is 1. The van der Waals surface area contributed by atoms with Gasteiger partial charge in [0.2, 0.25) is 0 Å². The van der Waals surface area contributed by atoms with Crippen LogP contribution in [0.1, 0.15) is 36.0 Å². The number of amides is 1. The molecule has 1 aromatic heterocycles. The van der Waals surface area contributed by atoms with Crippen molar-refractivity contribution in [1.82, 2.24) is 9.88 Å². The summed E-state index contributed by atoms with van der Waals surface area (Å²) in [4.78, 5) is 29.4. The molecule has 120 valence electrons. The molecule has 1 aliphatic heterocycles. The van der Waals surface area contributed by atoms with E-state index in [9.17, 15) is 9.59 Å². The van der Waals surface area contributed by atoms with Crippen molar-refractivity contribution in [3.8, 4) is 11.3 Å². The monoisotopic (exact) mass is 314 g/mol. The number of hydrogen-bond acceptors (Lipinski definition) is 4. The van der Waals surface area contributed by atoms with Crippen molar-refractivity contribution in [3.05, 3.63) is 42.4 Å². The molecule has 6 nitrogen and oxygen atoms in total. The van der Waals surface area contributed by atoms with E-state index in [0.29, 0.717) is 17.9 Å². The largest absolute Gasteiger partial charge is 0.481 e. The van der Waals surface area contributed by atoms with Crippen LogP contribution < -0.4 is 0 Å². The predicted octanol–water partition coefficient (Wildman–Crippen LogP) is 2.81. The molecule has 0 bridgehead atoms. The van der Waals surface area contributed by atoms with Gasteiger partial charge in [0.05, 0.1) is 12.6 Å². The molecular formula is C17H18N2O4. The number of carboxylic acids is 1. The molecule has 23 heavy (non-hydrogen) atoms. The molecule has 1 fully saturated rings. The molecule has 1 N–H and O–H groups in total. The molecular weight excluding hydrogens is 296 g/mol. The first-order valence-electron chi connectivity index (χ1n) is 7.67. The maximum Gasteiger partial charge on any atom is 0.305 e. The van der Waals surface area contributed by atoms with Crippen molar-refractivity contribution < 1.29 is 19.1 Å². The first-order chi connectivity index (χ1) is 11.1. The van der Waals surface area contributed by atoms with Gasteiger partial charge in [-0.2, -0.15) is 0 Å². The Balaban J connectivity index is 1.84. The van der Waals surface area contributed by atoms with E-state index in [-0.39, 0.29) is 18.4 Å². The first-order valence-corrected chi connectivity index (χ1v) is 7.67. The molecule has 0 spiro atoms. The number of benzene rings is 1. The van der Waals surface area contributed by atoms with E-state index in [2.05, 4.69) is 4.98 Å². The second kappa shape index (κ2) is 6.64. The summed E-state index contributed by atoms with van der Waals surface area (Å²) >= 11 is 0. The van der Waals surface area contributed by atoms with E-state index in [0.717, 1.165) is 24.8 Å². The molecule has 2 heterocycles. The average Bonchev–Trinajstić information content (AvgIpc) is 3.09. The minimum absolute atomic E-state index is 0.00641. The van der Waals surface area contributed by atoms with Crippen LogP contribution in [0.5, 0.6) is 0 Å². The maximum absolute atomic E-state index is 12.8. The van der Waals surface area contributed by atoms with E-state index in [1.54, 1.807) is 29.3 Å². The Labute approximate surface area is 133 Å². The van der Waals surface area contributed by atoms with Gasteiger partial charge >= 0.3 is 5.97 Å². The third-order valence-electron chi connectivity index (χ3n) is 4.12. The van der Waals surface area contributed by atoms with Crippen molar-refractivity contribution >= 4 is 11.9 Å². The van der Waals surface area contributed by atoms with Crippen LogP contribution in [0.3, 0.4) is 0 Å². The predicted molar refractivity (Wildman–Crippen MR) is 82.9 cm³/mol. The van der Waals surface area contributed by atoms with Gasteiger partial charge in [-0.3, -0.25) is 9.59 Å². The number of aliphatic carboxylic acids is 1. The Kier molecular flexibility index (Phi) is 4.41. The number of carboxylic acid groups (broad SMARTS) is 1. The van der Waals surface area contributed by atoms with Gasteiger partial charge in [0.1, 0.15) is 0 Å². The molecule has 0 radical (unpaired) electrons. The van der Waals surface area contributed by atoms with Crippen LogP contribution in [0.15, 0.2) is 41.3 Å². The lowest BCUT2D eigenvalue weighted by atomic mass is 9.97. The summed E-state index contributed by atoms with van der Waals surface area (Å²) in [5.41, 5.74) is 1.32. The third kappa shape index (κ3) is 3.41. The summed E-state index contributed by atoms with van der Waals surface area (Å²) < 4.78 is 5.26. The highest BCUT2D eigenvalue weighted by atomic mass is 16.4. The van der Waals surface area contributed by atoms with Gasteiger partial charge in [0.25, 0.3) is 5.91 Å². The van der Waals surface area contributed by atoms with E-state index in [1.807, 2.05) is 6.07 Å². The van der Waals surface area contributed by atoms with Gasteiger partial charge in [-0.1, -0.05) is 12.1 Å². The average molecular weight is 314 g/mol. The minimum Gasteiger partial charge on any atom is -0.481 e.